The Balaban J connectivity index is 1.23. The largest absolute Gasteiger partial charge is 0.436 e. The number of benzene rings is 6. The quantitative estimate of drug-likeness (QED) is 0.211. The second-order valence-corrected chi connectivity index (χ2v) is 10.5. The Kier molecular flexibility index (Phi) is 6.60. The number of nitriles is 1. The third-order valence-corrected chi connectivity index (χ3v) is 7.71. The molecule has 0 aliphatic carbocycles. The molecule has 7 aromatic rings. The highest BCUT2D eigenvalue weighted by Gasteiger charge is 2.16. The highest BCUT2D eigenvalue weighted by Crippen LogP contribution is 2.37. The zero-order chi connectivity index (χ0) is 28.5. The van der Waals surface area contributed by atoms with Crippen LogP contribution in [0, 0.1) is 11.3 Å². The topological polar surface area (TPSA) is 49.8 Å². The van der Waals surface area contributed by atoms with Gasteiger partial charge < -0.3 is 4.42 Å². The minimum atomic E-state index is 0.566. The van der Waals surface area contributed by atoms with E-state index in [1.54, 1.807) is 0 Å². The van der Waals surface area contributed by atoms with Crippen LogP contribution in [0.3, 0.4) is 0 Å². The standard InChI is InChI=1S/C38H23ClN2O/c39-34-20-18-32(19-21-34)38-41-37-35(31-4-2-1-3-5-31)22-33(23-36(37)42-38)30-16-14-29(15-17-30)28-12-10-27(11-13-28)26-8-6-25(24-40)7-9-26/h1-23H. The Hall–Kier alpha value is -5.43. The van der Waals surface area contributed by atoms with Crippen molar-refractivity contribution in [1.29, 1.82) is 5.26 Å². The van der Waals surface area contributed by atoms with E-state index >= 15 is 0 Å². The van der Waals surface area contributed by atoms with Crippen molar-refractivity contribution >= 4 is 22.7 Å². The van der Waals surface area contributed by atoms with Gasteiger partial charge in [-0.25, -0.2) is 4.98 Å². The van der Waals surface area contributed by atoms with Crippen molar-refractivity contribution < 1.29 is 4.42 Å². The van der Waals surface area contributed by atoms with E-state index in [0.29, 0.717) is 16.5 Å². The zero-order valence-electron chi connectivity index (χ0n) is 22.5. The molecule has 198 valence electrons. The molecule has 3 nitrogen and oxygen atoms in total. The van der Waals surface area contributed by atoms with E-state index in [2.05, 4.69) is 78.9 Å². The van der Waals surface area contributed by atoms with Crippen LogP contribution in [0.15, 0.2) is 144 Å². The monoisotopic (exact) mass is 558 g/mol. The Morgan fingerprint density at radius 2 is 1.02 bits per heavy atom. The van der Waals surface area contributed by atoms with Gasteiger partial charge >= 0.3 is 0 Å². The number of oxazole rings is 1. The third kappa shape index (κ3) is 4.97. The van der Waals surface area contributed by atoms with Gasteiger partial charge in [-0.05, 0) is 87.5 Å². The van der Waals surface area contributed by atoms with Crippen molar-refractivity contribution in [1.82, 2.24) is 4.98 Å². The summed E-state index contributed by atoms with van der Waals surface area (Å²) in [6.07, 6.45) is 0. The van der Waals surface area contributed by atoms with E-state index in [4.69, 9.17) is 26.3 Å². The summed E-state index contributed by atoms with van der Waals surface area (Å²) in [6, 6.07) is 49.0. The fourth-order valence-electron chi connectivity index (χ4n) is 5.20. The summed E-state index contributed by atoms with van der Waals surface area (Å²) in [5.74, 6) is 0.566. The van der Waals surface area contributed by atoms with Gasteiger partial charge in [0.2, 0.25) is 5.89 Å². The Labute approximate surface area is 248 Å². The van der Waals surface area contributed by atoms with Gasteiger partial charge in [-0.3, -0.25) is 0 Å². The molecule has 0 aliphatic heterocycles. The average molecular weight is 559 g/mol. The van der Waals surface area contributed by atoms with Crippen LogP contribution in [0.5, 0.6) is 0 Å². The Morgan fingerprint density at radius 1 is 0.524 bits per heavy atom. The van der Waals surface area contributed by atoms with Crippen LogP contribution < -0.4 is 0 Å². The first-order valence-corrected chi connectivity index (χ1v) is 14.0. The maximum atomic E-state index is 9.06. The van der Waals surface area contributed by atoms with Crippen LogP contribution in [-0.4, -0.2) is 4.98 Å². The van der Waals surface area contributed by atoms with E-state index in [1.165, 1.54) is 0 Å². The summed E-state index contributed by atoms with van der Waals surface area (Å²) in [5.41, 5.74) is 11.8. The summed E-state index contributed by atoms with van der Waals surface area (Å²) in [7, 11) is 0. The lowest BCUT2D eigenvalue weighted by Gasteiger charge is -2.09. The molecule has 0 fully saturated rings. The van der Waals surface area contributed by atoms with E-state index in [-0.39, 0.29) is 0 Å². The number of rotatable bonds is 5. The second kappa shape index (κ2) is 10.9. The van der Waals surface area contributed by atoms with Gasteiger partial charge in [-0.2, -0.15) is 5.26 Å². The maximum Gasteiger partial charge on any atom is 0.227 e. The number of fused-ring (bicyclic) bond motifs is 1. The highest BCUT2D eigenvalue weighted by atomic mass is 35.5. The van der Waals surface area contributed by atoms with Gasteiger partial charge in [-0.15, -0.1) is 0 Å². The second-order valence-electron chi connectivity index (χ2n) is 10.1. The van der Waals surface area contributed by atoms with Crippen molar-refractivity contribution in [2.45, 2.75) is 0 Å². The molecule has 0 N–H and O–H groups in total. The first-order chi connectivity index (χ1) is 20.6. The van der Waals surface area contributed by atoms with Crippen molar-refractivity contribution in [3.8, 4) is 62.0 Å². The number of halogens is 1. The molecule has 1 heterocycles. The van der Waals surface area contributed by atoms with Crippen LogP contribution in [0.1, 0.15) is 5.56 Å². The van der Waals surface area contributed by atoms with Gasteiger partial charge in [0.1, 0.15) is 5.52 Å². The van der Waals surface area contributed by atoms with Crippen LogP contribution in [0.4, 0.5) is 0 Å². The number of aromatic nitrogens is 1. The van der Waals surface area contributed by atoms with Crippen molar-refractivity contribution in [3.63, 3.8) is 0 Å². The molecule has 0 radical (unpaired) electrons. The number of hydrogen-bond donors (Lipinski definition) is 0. The molecule has 1 aromatic heterocycles. The summed E-state index contributed by atoms with van der Waals surface area (Å²) < 4.78 is 6.30. The smallest absolute Gasteiger partial charge is 0.227 e. The van der Waals surface area contributed by atoms with Crippen LogP contribution in [-0.2, 0) is 0 Å². The fourth-order valence-corrected chi connectivity index (χ4v) is 5.32. The van der Waals surface area contributed by atoms with E-state index < -0.39 is 0 Å². The molecule has 7 rings (SSSR count). The molecule has 0 saturated heterocycles. The molecular weight excluding hydrogens is 536 g/mol. The first-order valence-electron chi connectivity index (χ1n) is 13.6. The van der Waals surface area contributed by atoms with E-state index in [1.807, 2.05) is 66.7 Å². The maximum absolute atomic E-state index is 9.06. The van der Waals surface area contributed by atoms with Gasteiger partial charge in [-0.1, -0.05) is 103 Å². The Morgan fingerprint density at radius 3 is 1.57 bits per heavy atom. The Bertz CT molecular complexity index is 2050. The molecule has 42 heavy (non-hydrogen) atoms. The molecule has 0 aliphatic rings. The predicted octanol–water partition coefficient (Wildman–Crippen LogP) is 10.7. The lowest BCUT2D eigenvalue weighted by atomic mass is 9.95. The van der Waals surface area contributed by atoms with Crippen LogP contribution in [0.2, 0.25) is 5.02 Å². The average Bonchev–Trinajstić information content (AvgIpc) is 3.50. The summed E-state index contributed by atoms with van der Waals surface area (Å²) >= 11 is 6.10. The van der Waals surface area contributed by atoms with Crippen molar-refractivity contribution in [2.24, 2.45) is 0 Å². The van der Waals surface area contributed by atoms with Crippen molar-refractivity contribution in [3.05, 3.63) is 150 Å². The summed E-state index contributed by atoms with van der Waals surface area (Å²) in [4.78, 5) is 4.89. The molecule has 0 unspecified atom stereocenters. The molecule has 0 amide bonds. The van der Waals surface area contributed by atoms with Gasteiger partial charge in [0.15, 0.2) is 5.58 Å². The normalized spacial score (nSPS) is 11.0. The zero-order valence-corrected chi connectivity index (χ0v) is 23.2. The minimum Gasteiger partial charge on any atom is -0.436 e. The summed E-state index contributed by atoms with van der Waals surface area (Å²) in [5, 5.41) is 9.73. The van der Waals surface area contributed by atoms with Crippen LogP contribution in [0.25, 0.3) is 67.1 Å². The lowest BCUT2D eigenvalue weighted by molar-refractivity contribution is 0.620. The predicted molar refractivity (Wildman–Crippen MR) is 171 cm³/mol. The molecule has 0 saturated carbocycles. The molecule has 0 bridgehead atoms. The number of nitrogens with zero attached hydrogens (tertiary/aromatic N) is 2. The lowest BCUT2D eigenvalue weighted by Crippen LogP contribution is -1.86. The van der Waals surface area contributed by atoms with Crippen LogP contribution >= 0.6 is 11.6 Å². The summed E-state index contributed by atoms with van der Waals surface area (Å²) in [6.45, 7) is 0. The van der Waals surface area contributed by atoms with Gasteiger partial charge in [0.25, 0.3) is 0 Å². The van der Waals surface area contributed by atoms with Gasteiger partial charge in [0, 0.05) is 16.1 Å². The molecule has 4 heteroatoms. The number of hydrogen-bond acceptors (Lipinski definition) is 3. The SMILES string of the molecule is N#Cc1ccc(-c2ccc(-c3ccc(-c4cc(-c5ccccc5)c5nc(-c6ccc(Cl)cc6)oc5c4)cc3)cc2)cc1. The molecular formula is C38H23ClN2O. The first kappa shape index (κ1) is 25.5. The van der Waals surface area contributed by atoms with E-state index in [9.17, 15) is 0 Å². The highest BCUT2D eigenvalue weighted by molar-refractivity contribution is 6.30. The van der Waals surface area contributed by atoms with Gasteiger partial charge in [0.05, 0.1) is 11.6 Å². The third-order valence-electron chi connectivity index (χ3n) is 7.45. The minimum absolute atomic E-state index is 0.566. The molecule has 6 aromatic carbocycles. The van der Waals surface area contributed by atoms with E-state index in [0.717, 1.165) is 61.2 Å². The molecule has 0 atom stereocenters. The van der Waals surface area contributed by atoms with Crippen molar-refractivity contribution in [2.75, 3.05) is 0 Å². The molecule has 0 spiro atoms. The fraction of sp³-hybridized carbons (Fsp3) is 0.